The van der Waals surface area contributed by atoms with Gasteiger partial charge in [0.15, 0.2) is 5.69 Å². The lowest BCUT2D eigenvalue weighted by molar-refractivity contribution is -0.0980. The summed E-state index contributed by atoms with van der Waals surface area (Å²) >= 11 is 0. The number of allylic oxidation sites excluding steroid dienone is 5. The molecule has 1 amide bonds. The van der Waals surface area contributed by atoms with Gasteiger partial charge in [0, 0.05) is 46.9 Å². The van der Waals surface area contributed by atoms with Crippen LogP contribution in [0.2, 0.25) is 0 Å². The van der Waals surface area contributed by atoms with Crippen LogP contribution in [0.3, 0.4) is 0 Å². The third kappa shape index (κ3) is 20.0. The van der Waals surface area contributed by atoms with Gasteiger partial charge in [-0.1, -0.05) is 51.8 Å². The number of carbonyl (C=O) groups excluding carboxylic acids is 2. The van der Waals surface area contributed by atoms with E-state index in [1.807, 2.05) is 46.8 Å². The van der Waals surface area contributed by atoms with Crippen LogP contribution in [0.1, 0.15) is 89.3 Å². The highest BCUT2D eigenvalue weighted by molar-refractivity contribution is 5.98. The first kappa shape index (κ1) is 45.3. The van der Waals surface area contributed by atoms with Gasteiger partial charge in [-0.05, 0) is 71.0 Å². The zero-order valence-electron chi connectivity index (χ0n) is 28.7. The lowest BCUT2D eigenvalue weighted by Gasteiger charge is -2.14. The molecule has 11 heteroatoms. The Morgan fingerprint density at radius 2 is 1.70 bits per heavy atom. The maximum Gasteiger partial charge on any atom is 0.272 e. The van der Waals surface area contributed by atoms with E-state index in [1.165, 1.54) is 0 Å². The molecule has 1 aliphatic rings. The lowest BCUT2D eigenvalue weighted by atomic mass is 10.1. The number of unbranched alkanes of at least 4 members (excludes halogenated alkanes) is 1. The van der Waals surface area contributed by atoms with Crippen LogP contribution in [-0.2, 0) is 23.0 Å². The molecule has 0 fully saturated rings. The van der Waals surface area contributed by atoms with Gasteiger partial charge in [-0.2, -0.15) is 5.10 Å². The number of aliphatic hydroxyl groups is 3. The molecule has 0 aromatic carbocycles. The topological polar surface area (TPSA) is 150 Å². The molecule has 0 atom stereocenters. The first-order valence-electron chi connectivity index (χ1n) is 15.4. The van der Waals surface area contributed by atoms with Crippen LogP contribution in [-0.4, -0.2) is 103 Å². The summed E-state index contributed by atoms with van der Waals surface area (Å²) in [6.45, 7) is 19.5. The summed E-state index contributed by atoms with van der Waals surface area (Å²) in [6, 6.07) is 0. The molecule has 0 saturated carbocycles. The zero-order valence-corrected chi connectivity index (χ0v) is 28.7. The first-order valence-corrected chi connectivity index (χ1v) is 15.4. The van der Waals surface area contributed by atoms with Crippen molar-refractivity contribution in [3.05, 3.63) is 46.5 Å². The number of aryl methyl sites for hydroxylation is 2. The molecule has 0 aliphatic heterocycles. The molecule has 1 aromatic rings. The highest BCUT2D eigenvalue weighted by Gasteiger charge is 2.21. The number of ether oxygens (including phenoxy) is 1. The standard InChI is InChI=1S/C21H30N4O2.C8H19NO2.C2H6.CH4O.CH2O/c1-6-8-18-19(22-4)20(25(5)24-18)21(26)23-14-16-12-15(3)9-10-17(13-16)27-11-7-2;1-9(6-4-8-11)5-2-3-7-10;3*1-2/h9-10,12H,4,6-8,11,13-14H2,1-3,5H3,(H,23,26);10-11H,2-8H2,1H3;1-2H3;2H,1H3;1H2. The van der Waals surface area contributed by atoms with Crippen LogP contribution in [0.5, 0.6) is 0 Å². The number of rotatable bonds is 16. The number of carbonyl (C=O) groups is 2. The molecule has 1 aliphatic carbocycles. The number of aliphatic hydroxyl groups excluding tert-OH is 3. The molecule has 4 N–H and O–H groups in total. The average Bonchev–Trinajstić information content (AvgIpc) is 3.25. The number of hydrogen-bond donors (Lipinski definition) is 4. The zero-order chi connectivity index (χ0) is 34.3. The Kier molecular flexibility index (Phi) is 32.2. The molecule has 1 aromatic heterocycles. The highest BCUT2D eigenvalue weighted by atomic mass is 16.5. The van der Waals surface area contributed by atoms with Crippen molar-refractivity contribution in [2.24, 2.45) is 12.0 Å². The summed E-state index contributed by atoms with van der Waals surface area (Å²) in [5, 5.41) is 31.4. The lowest BCUT2D eigenvalue weighted by Crippen LogP contribution is -2.28. The van der Waals surface area contributed by atoms with Crippen LogP contribution >= 0.6 is 0 Å². The summed E-state index contributed by atoms with van der Waals surface area (Å²) in [7, 11) is 4.80. The summed E-state index contributed by atoms with van der Waals surface area (Å²) in [5.74, 6) is 0.731. The van der Waals surface area contributed by atoms with Gasteiger partial charge in [-0.15, -0.1) is 0 Å². The van der Waals surface area contributed by atoms with Gasteiger partial charge in [0.05, 0.1) is 12.3 Å². The minimum absolute atomic E-state index is 0.193. The molecule has 44 heavy (non-hydrogen) atoms. The van der Waals surface area contributed by atoms with Crippen molar-refractivity contribution in [1.82, 2.24) is 20.0 Å². The van der Waals surface area contributed by atoms with Crippen molar-refractivity contribution in [2.45, 2.75) is 79.6 Å². The van der Waals surface area contributed by atoms with Gasteiger partial charge in [0.1, 0.15) is 18.2 Å². The van der Waals surface area contributed by atoms with Crippen molar-refractivity contribution in [2.75, 3.05) is 53.6 Å². The second-order valence-corrected chi connectivity index (χ2v) is 9.54. The highest BCUT2D eigenvalue weighted by Crippen LogP contribution is 2.25. The van der Waals surface area contributed by atoms with Gasteiger partial charge in [0.25, 0.3) is 5.91 Å². The van der Waals surface area contributed by atoms with E-state index in [0.29, 0.717) is 31.0 Å². The summed E-state index contributed by atoms with van der Waals surface area (Å²) in [6.07, 6.45) is 12.3. The fraction of sp³-hybridized carbons (Fsp3) is 0.636. The number of nitrogens with zero attached hydrogens (tertiary/aromatic N) is 4. The molecule has 0 saturated heterocycles. The Morgan fingerprint density at radius 1 is 1.09 bits per heavy atom. The molecular weight excluding hydrogens is 562 g/mol. The number of hydrogen-bond acceptors (Lipinski definition) is 9. The first-order chi connectivity index (χ1) is 21.3. The average molecular weight is 624 g/mol. The van der Waals surface area contributed by atoms with Crippen molar-refractivity contribution < 1.29 is 29.6 Å². The Hall–Kier alpha value is -3.12. The van der Waals surface area contributed by atoms with Gasteiger partial charge >= 0.3 is 0 Å². The van der Waals surface area contributed by atoms with Gasteiger partial charge in [0.2, 0.25) is 0 Å². The summed E-state index contributed by atoms with van der Waals surface area (Å²) in [5.41, 5.74) is 4.07. The number of nitrogens with one attached hydrogen (secondary N) is 1. The molecule has 254 valence electrons. The molecule has 0 unspecified atom stereocenters. The van der Waals surface area contributed by atoms with Crippen LogP contribution in [0, 0.1) is 0 Å². The monoisotopic (exact) mass is 623 g/mol. The van der Waals surface area contributed by atoms with Crippen molar-refractivity contribution in [1.29, 1.82) is 0 Å². The molecular formula is C33H61N5O6. The van der Waals surface area contributed by atoms with Crippen molar-refractivity contribution in [3.8, 4) is 0 Å². The number of aromatic nitrogens is 2. The van der Waals surface area contributed by atoms with Gasteiger partial charge in [-0.3, -0.25) is 14.5 Å². The third-order valence-corrected chi connectivity index (χ3v) is 5.93. The molecule has 0 spiro atoms. The van der Waals surface area contributed by atoms with Crippen LogP contribution in [0.4, 0.5) is 5.69 Å². The normalized spacial score (nSPS) is 11.7. The third-order valence-electron chi connectivity index (χ3n) is 5.93. The van der Waals surface area contributed by atoms with E-state index in [9.17, 15) is 4.79 Å². The molecule has 1 heterocycles. The Balaban J connectivity index is -0.000000829. The second-order valence-electron chi connectivity index (χ2n) is 9.54. The Morgan fingerprint density at radius 3 is 2.25 bits per heavy atom. The van der Waals surface area contributed by atoms with E-state index < -0.39 is 0 Å². The second kappa shape index (κ2) is 31.3. The minimum Gasteiger partial charge on any atom is -0.498 e. The van der Waals surface area contributed by atoms with Crippen molar-refractivity contribution >= 4 is 25.1 Å². The van der Waals surface area contributed by atoms with Crippen LogP contribution in [0.15, 0.2) is 40.1 Å². The van der Waals surface area contributed by atoms with E-state index in [4.69, 9.17) is 24.9 Å². The van der Waals surface area contributed by atoms with E-state index in [1.54, 1.807) is 11.7 Å². The Labute approximate surface area is 266 Å². The minimum atomic E-state index is -0.193. The maximum atomic E-state index is 12.8. The predicted octanol–water partition coefficient (Wildman–Crippen LogP) is 4.54. The van der Waals surface area contributed by atoms with Crippen LogP contribution < -0.4 is 5.32 Å². The van der Waals surface area contributed by atoms with Crippen LogP contribution in [0.25, 0.3) is 0 Å². The SMILES string of the molecule is C=Nc1c(CCC)nn(C)c1C(=O)NCC1=CC(C)=CC=C(OCCC)C1.C=O.CC.CN(CCCO)CCCCO.CO. The van der Waals surface area contributed by atoms with E-state index >= 15 is 0 Å². The maximum absolute atomic E-state index is 12.8. The molecule has 11 nitrogen and oxygen atoms in total. The van der Waals surface area contributed by atoms with Gasteiger partial charge in [-0.25, -0.2) is 0 Å². The fourth-order valence-electron chi connectivity index (χ4n) is 3.99. The summed E-state index contributed by atoms with van der Waals surface area (Å²) in [4.78, 5) is 27.0. The molecule has 2 rings (SSSR count). The number of aliphatic imine (C=N–C) groups is 1. The largest absolute Gasteiger partial charge is 0.498 e. The van der Waals surface area contributed by atoms with E-state index in [0.717, 1.165) is 81.3 Å². The smallest absolute Gasteiger partial charge is 0.272 e. The summed E-state index contributed by atoms with van der Waals surface area (Å²) < 4.78 is 7.38. The Bertz CT molecular complexity index is 972. The van der Waals surface area contributed by atoms with Crippen molar-refractivity contribution in [3.63, 3.8) is 0 Å². The number of amides is 1. The van der Waals surface area contributed by atoms with E-state index in [-0.39, 0.29) is 19.1 Å². The fourth-order valence-corrected chi connectivity index (χ4v) is 3.99. The molecule has 0 radical (unpaired) electrons. The molecule has 0 bridgehead atoms. The van der Waals surface area contributed by atoms with E-state index in [2.05, 4.69) is 46.9 Å². The quantitative estimate of drug-likeness (QED) is 0.155. The van der Waals surface area contributed by atoms with Gasteiger partial charge < -0.3 is 35.1 Å². The predicted molar refractivity (Wildman–Crippen MR) is 182 cm³/mol.